The molecule has 5 atom stereocenters. The number of rotatable bonds is 1. The van der Waals surface area contributed by atoms with Gasteiger partial charge >= 0.3 is 0 Å². The van der Waals surface area contributed by atoms with Crippen molar-refractivity contribution in [2.24, 2.45) is 28.1 Å². The van der Waals surface area contributed by atoms with Crippen LogP contribution in [0.4, 0.5) is 0 Å². The van der Waals surface area contributed by atoms with Gasteiger partial charge in [-0.2, -0.15) is 0 Å². The highest BCUT2D eigenvalue weighted by Crippen LogP contribution is 2.73. The zero-order chi connectivity index (χ0) is 17.4. The smallest absolute Gasteiger partial charge is 0.155 e. The van der Waals surface area contributed by atoms with Crippen LogP contribution in [0, 0.1) is 28.1 Å². The SMILES string of the molecule is C=CC1CC[C@]2(C)CC=C3C4=CCC5=CC(=O)CC[C@]5(C)C4CC[C@@]312. The Hall–Kier alpha value is -1.37. The van der Waals surface area contributed by atoms with E-state index >= 15 is 0 Å². The van der Waals surface area contributed by atoms with Crippen molar-refractivity contribution in [3.63, 3.8) is 0 Å². The summed E-state index contributed by atoms with van der Waals surface area (Å²) < 4.78 is 0. The Morgan fingerprint density at radius 3 is 2.80 bits per heavy atom. The maximum atomic E-state index is 12.0. The largest absolute Gasteiger partial charge is 0.295 e. The van der Waals surface area contributed by atoms with Gasteiger partial charge in [-0.3, -0.25) is 4.79 Å². The third-order valence-electron chi connectivity index (χ3n) is 9.02. The van der Waals surface area contributed by atoms with Crippen molar-refractivity contribution in [1.82, 2.24) is 0 Å². The van der Waals surface area contributed by atoms with E-state index in [0.717, 1.165) is 19.3 Å². The van der Waals surface area contributed by atoms with Crippen LogP contribution in [0.1, 0.15) is 65.2 Å². The highest BCUT2D eigenvalue weighted by Gasteiger charge is 2.64. The minimum Gasteiger partial charge on any atom is -0.295 e. The summed E-state index contributed by atoms with van der Waals surface area (Å²) in [7, 11) is 0. The molecule has 0 amide bonds. The third kappa shape index (κ3) is 1.73. The number of ketones is 1. The van der Waals surface area contributed by atoms with Crippen LogP contribution in [0.15, 0.2) is 47.6 Å². The van der Waals surface area contributed by atoms with Crippen LogP contribution in [0.5, 0.6) is 0 Å². The van der Waals surface area contributed by atoms with Crippen LogP contribution in [-0.4, -0.2) is 5.78 Å². The molecule has 0 saturated heterocycles. The first-order chi connectivity index (χ1) is 11.9. The average molecular weight is 335 g/mol. The standard InChI is InChI=1S/C24H30O/c1-4-16-7-11-22(2)12-9-21-19-6-5-17-15-18(25)8-13-23(17,3)20(19)10-14-24(16,21)22/h4,6,9,15-16,20H,1,5,7-8,10-14H2,2-3H3/t16?,20?,22-,23+,24+/m1/s1. The summed E-state index contributed by atoms with van der Waals surface area (Å²) in [5.74, 6) is 1.60. The second-order valence-corrected chi connectivity index (χ2v) is 9.74. The number of fused-ring (bicyclic) bond motifs is 4. The number of hydrogen-bond acceptors (Lipinski definition) is 1. The van der Waals surface area contributed by atoms with Gasteiger partial charge in [0.2, 0.25) is 0 Å². The van der Waals surface area contributed by atoms with Crippen molar-refractivity contribution < 1.29 is 4.79 Å². The molecule has 2 unspecified atom stereocenters. The van der Waals surface area contributed by atoms with Gasteiger partial charge in [-0.05, 0) is 84.8 Å². The van der Waals surface area contributed by atoms with E-state index in [1.165, 1.54) is 37.7 Å². The van der Waals surface area contributed by atoms with E-state index < -0.39 is 0 Å². The molecule has 0 aromatic carbocycles. The summed E-state index contributed by atoms with van der Waals surface area (Å²) in [6, 6.07) is 0. The van der Waals surface area contributed by atoms with Crippen molar-refractivity contribution in [2.45, 2.75) is 65.2 Å². The van der Waals surface area contributed by atoms with E-state index in [2.05, 4.69) is 38.7 Å². The first kappa shape index (κ1) is 15.9. The number of allylic oxidation sites excluding steroid dienone is 7. The molecule has 5 aliphatic rings. The third-order valence-corrected chi connectivity index (χ3v) is 9.02. The molecule has 132 valence electrons. The molecule has 1 nitrogen and oxygen atoms in total. The van der Waals surface area contributed by atoms with Crippen LogP contribution in [0.2, 0.25) is 0 Å². The molecule has 5 rings (SSSR count). The molecule has 0 aromatic heterocycles. The Morgan fingerprint density at radius 2 is 2.00 bits per heavy atom. The van der Waals surface area contributed by atoms with Crippen molar-refractivity contribution in [3.05, 3.63) is 47.6 Å². The van der Waals surface area contributed by atoms with Crippen molar-refractivity contribution in [3.8, 4) is 0 Å². The highest BCUT2D eigenvalue weighted by atomic mass is 16.1. The minimum absolute atomic E-state index is 0.210. The lowest BCUT2D eigenvalue weighted by Gasteiger charge is -2.55. The lowest BCUT2D eigenvalue weighted by molar-refractivity contribution is -0.116. The summed E-state index contributed by atoms with van der Waals surface area (Å²) in [5, 5.41) is 0. The van der Waals surface area contributed by atoms with Gasteiger partial charge in [-0.25, -0.2) is 0 Å². The van der Waals surface area contributed by atoms with E-state index in [4.69, 9.17) is 0 Å². The summed E-state index contributed by atoms with van der Waals surface area (Å²) in [5.41, 5.74) is 5.73. The van der Waals surface area contributed by atoms with Crippen LogP contribution in [0.3, 0.4) is 0 Å². The molecule has 2 fully saturated rings. The zero-order valence-corrected chi connectivity index (χ0v) is 15.7. The van der Waals surface area contributed by atoms with E-state index in [1.807, 2.05) is 6.08 Å². The Bertz CT molecular complexity index is 765. The topological polar surface area (TPSA) is 17.1 Å². The van der Waals surface area contributed by atoms with Gasteiger partial charge in [0.1, 0.15) is 0 Å². The molecular weight excluding hydrogens is 304 g/mol. The van der Waals surface area contributed by atoms with Crippen LogP contribution >= 0.6 is 0 Å². The molecule has 2 saturated carbocycles. The van der Waals surface area contributed by atoms with Gasteiger partial charge in [0.25, 0.3) is 0 Å². The molecule has 25 heavy (non-hydrogen) atoms. The Morgan fingerprint density at radius 1 is 1.16 bits per heavy atom. The van der Waals surface area contributed by atoms with E-state index in [-0.39, 0.29) is 5.41 Å². The van der Waals surface area contributed by atoms with Crippen molar-refractivity contribution in [2.75, 3.05) is 0 Å². The van der Waals surface area contributed by atoms with Gasteiger partial charge in [0.15, 0.2) is 5.78 Å². The molecule has 0 radical (unpaired) electrons. The first-order valence-corrected chi connectivity index (χ1v) is 10.2. The number of carbonyl (C=O) groups is 1. The number of carbonyl (C=O) groups excluding carboxylic acids is 1. The fraction of sp³-hybridized carbons (Fsp3) is 0.625. The fourth-order valence-electron chi connectivity index (χ4n) is 7.54. The molecule has 1 heteroatoms. The molecular formula is C24H30O. The lowest BCUT2D eigenvalue weighted by atomic mass is 9.48. The van der Waals surface area contributed by atoms with Gasteiger partial charge in [0.05, 0.1) is 0 Å². The van der Waals surface area contributed by atoms with E-state index in [1.54, 1.807) is 11.1 Å². The Kier molecular flexibility index (Phi) is 3.09. The highest BCUT2D eigenvalue weighted by molar-refractivity contribution is 5.91. The normalized spacial score (nSPS) is 47.8. The van der Waals surface area contributed by atoms with Crippen LogP contribution in [-0.2, 0) is 4.79 Å². The summed E-state index contributed by atoms with van der Waals surface area (Å²) >= 11 is 0. The quantitative estimate of drug-likeness (QED) is 0.542. The Balaban J connectivity index is 1.63. The van der Waals surface area contributed by atoms with Gasteiger partial charge in [0, 0.05) is 11.8 Å². The zero-order valence-electron chi connectivity index (χ0n) is 15.7. The molecule has 5 aliphatic carbocycles. The Labute approximate surface area is 152 Å². The second-order valence-electron chi connectivity index (χ2n) is 9.74. The van der Waals surface area contributed by atoms with Gasteiger partial charge < -0.3 is 0 Å². The number of hydrogen-bond donors (Lipinski definition) is 0. The first-order valence-electron chi connectivity index (χ1n) is 10.2. The molecule has 0 N–H and O–H groups in total. The molecule has 0 heterocycles. The summed E-state index contributed by atoms with van der Waals surface area (Å²) in [6.45, 7) is 9.20. The summed E-state index contributed by atoms with van der Waals surface area (Å²) in [4.78, 5) is 12.0. The van der Waals surface area contributed by atoms with Crippen LogP contribution < -0.4 is 0 Å². The maximum Gasteiger partial charge on any atom is 0.155 e. The molecule has 0 aromatic rings. The van der Waals surface area contributed by atoms with E-state index in [0.29, 0.717) is 28.4 Å². The van der Waals surface area contributed by atoms with Crippen LogP contribution in [0.25, 0.3) is 0 Å². The van der Waals surface area contributed by atoms with E-state index in [9.17, 15) is 4.79 Å². The average Bonchev–Trinajstić information content (AvgIpc) is 3.04. The lowest BCUT2D eigenvalue weighted by Crippen LogP contribution is -2.46. The predicted octanol–water partition coefficient (Wildman–Crippen LogP) is 5.94. The second kappa shape index (κ2) is 4.87. The molecule has 0 bridgehead atoms. The van der Waals surface area contributed by atoms with Gasteiger partial charge in [-0.1, -0.05) is 37.6 Å². The fourth-order valence-corrected chi connectivity index (χ4v) is 7.54. The summed E-state index contributed by atoms with van der Waals surface area (Å²) in [6.07, 6.45) is 18.6. The molecule has 0 aliphatic heterocycles. The van der Waals surface area contributed by atoms with Crippen molar-refractivity contribution in [1.29, 1.82) is 0 Å². The van der Waals surface area contributed by atoms with Crippen molar-refractivity contribution >= 4 is 5.78 Å². The minimum atomic E-state index is 0.210. The van der Waals surface area contributed by atoms with Gasteiger partial charge in [-0.15, -0.1) is 6.58 Å². The predicted molar refractivity (Wildman–Crippen MR) is 102 cm³/mol. The monoisotopic (exact) mass is 334 g/mol. The maximum absolute atomic E-state index is 12.0. The molecule has 1 spiro atoms.